The lowest BCUT2D eigenvalue weighted by Gasteiger charge is -2.18. The van der Waals surface area contributed by atoms with Gasteiger partial charge in [-0.25, -0.2) is 4.98 Å². The van der Waals surface area contributed by atoms with Gasteiger partial charge in [-0.2, -0.15) is 9.50 Å². The molecule has 0 aliphatic carbocycles. The molecule has 0 bridgehead atoms. The van der Waals surface area contributed by atoms with Crippen molar-refractivity contribution in [1.29, 1.82) is 0 Å². The van der Waals surface area contributed by atoms with Gasteiger partial charge in [0.1, 0.15) is 13.2 Å². The fourth-order valence-electron chi connectivity index (χ4n) is 3.37. The first-order chi connectivity index (χ1) is 13.7. The van der Waals surface area contributed by atoms with E-state index in [0.29, 0.717) is 48.0 Å². The molecule has 0 saturated heterocycles. The summed E-state index contributed by atoms with van der Waals surface area (Å²) in [5.74, 6) is 2.37. The highest BCUT2D eigenvalue weighted by molar-refractivity contribution is 5.79. The van der Waals surface area contributed by atoms with Gasteiger partial charge in [-0.05, 0) is 30.7 Å². The molecule has 8 nitrogen and oxygen atoms in total. The molecule has 28 heavy (non-hydrogen) atoms. The van der Waals surface area contributed by atoms with E-state index < -0.39 is 0 Å². The third kappa shape index (κ3) is 2.69. The molecule has 4 heterocycles. The molecule has 0 fully saturated rings. The molecule has 3 aromatic heterocycles. The molecule has 8 heteroatoms. The van der Waals surface area contributed by atoms with Gasteiger partial charge in [0.25, 0.3) is 11.3 Å². The molecule has 0 N–H and O–H groups in total. The number of benzene rings is 1. The van der Waals surface area contributed by atoms with Crippen LogP contribution in [0.2, 0.25) is 0 Å². The number of fused-ring (bicyclic) bond motifs is 4. The Balaban J connectivity index is 1.62. The van der Waals surface area contributed by atoms with Crippen molar-refractivity contribution in [2.45, 2.75) is 26.3 Å². The largest absolute Gasteiger partial charge is 0.486 e. The Labute approximate surface area is 160 Å². The number of rotatable bonds is 4. The third-order valence-electron chi connectivity index (χ3n) is 4.86. The molecule has 0 spiro atoms. The zero-order valence-electron chi connectivity index (χ0n) is 15.5. The van der Waals surface area contributed by atoms with Crippen molar-refractivity contribution in [3.05, 3.63) is 47.0 Å². The summed E-state index contributed by atoms with van der Waals surface area (Å²) >= 11 is 0. The molecule has 5 rings (SSSR count). The summed E-state index contributed by atoms with van der Waals surface area (Å²) in [5.41, 5.74) is 1.44. The summed E-state index contributed by atoms with van der Waals surface area (Å²) in [5, 5.41) is 5.12. The molecule has 142 valence electrons. The fraction of sp³-hybridized carbons (Fsp3) is 0.300. The third-order valence-corrected chi connectivity index (χ3v) is 4.86. The second-order valence-electron chi connectivity index (χ2n) is 6.73. The SMILES string of the molecule is CCCCn1ccc2c(cnc3nc(-c4ccc5c(c4)OCCO5)nn32)c1=O. The Hall–Kier alpha value is -3.42. The van der Waals surface area contributed by atoms with Crippen molar-refractivity contribution in [2.75, 3.05) is 13.2 Å². The molecule has 4 aromatic rings. The molecule has 1 aliphatic rings. The van der Waals surface area contributed by atoms with Crippen LogP contribution in [0.15, 0.2) is 41.5 Å². The summed E-state index contributed by atoms with van der Waals surface area (Å²) in [6.45, 7) is 3.87. The number of pyridine rings is 1. The second-order valence-corrected chi connectivity index (χ2v) is 6.73. The standard InChI is InChI=1S/C20H19N5O3/c1-2-3-7-24-8-6-15-14(19(24)26)12-21-20-22-18(23-25(15)20)13-4-5-16-17(11-13)28-10-9-27-16/h4-6,8,11-12H,2-3,7,9-10H2,1H3. The first kappa shape index (κ1) is 16.7. The van der Waals surface area contributed by atoms with Gasteiger partial charge in [0.2, 0.25) is 0 Å². The van der Waals surface area contributed by atoms with Gasteiger partial charge in [-0.15, -0.1) is 5.10 Å². The maximum Gasteiger partial charge on any atom is 0.261 e. The first-order valence-corrected chi connectivity index (χ1v) is 9.39. The number of aryl methyl sites for hydroxylation is 1. The normalized spacial score (nSPS) is 13.3. The number of ether oxygens (including phenoxy) is 2. The zero-order chi connectivity index (χ0) is 19.1. The van der Waals surface area contributed by atoms with E-state index in [0.717, 1.165) is 24.2 Å². The number of aromatic nitrogens is 5. The molecular weight excluding hydrogens is 358 g/mol. The molecular formula is C20H19N5O3. The van der Waals surface area contributed by atoms with Crippen LogP contribution in [0.4, 0.5) is 0 Å². The van der Waals surface area contributed by atoms with E-state index in [4.69, 9.17) is 9.47 Å². The van der Waals surface area contributed by atoms with Crippen LogP contribution >= 0.6 is 0 Å². The van der Waals surface area contributed by atoms with Crippen LogP contribution in [0.3, 0.4) is 0 Å². The van der Waals surface area contributed by atoms with E-state index in [9.17, 15) is 4.79 Å². The Bertz CT molecular complexity index is 1240. The van der Waals surface area contributed by atoms with E-state index in [1.165, 1.54) is 0 Å². The lowest BCUT2D eigenvalue weighted by atomic mass is 10.2. The van der Waals surface area contributed by atoms with Crippen molar-refractivity contribution in [3.63, 3.8) is 0 Å². The van der Waals surface area contributed by atoms with Gasteiger partial charge >= 0.3 is 0 Å². The topological polar surface area (TPSA) is 83.5 Å². The summed E-state index contributed by atoms with van der Waals surface area (Å²) in [4.78, 5) is 21.6. The van der Waals surface area contributed by atoms with Crippen LogP contribution in [0.5, 0.6) is 11.5 Å². The second kappa shape index (κ2) is 6.63. The van der Waals surface area contributed by atoms with Crippen LogP contribution in [-0.4, -0.2) is 37.4 Å². The molecule has 1 aliphatic heterocycles. The monoisotopic (exact) mass is 377 g/mol. The Morgan fingerprint density at radius 1 is 1.14 bits per heavy atom. The lowest BCUT2D eigenvalue weighted by Crippen LogP contribution is -2.20. The molecule has 0 unspecified atom stereocenters. The van der Waals surface area contributed by atoms with Crippen molar-refractivity contribution >= 4 is 16.7 Å². The number of hydrogen-bond donors (Lipinski definition) is 0. The van der Waals surface area contributed by atoms with Gasteiger partial charge in [0.05, 0.1) is 10.9 Å². The Morgan fingerprint density at radius 3 is 2.86 bits per heavy atom. The van der Waals surface area contributed by atoms with Crippen molar-refractivity contribution in [3.8, 4) is 22.9 Å². The summed E-state index contributed by atoms with van der Waals surface area (Å²) < 4.78 is 14.5. The highest BCUT2D eigenvalue weighted by Gasteiger charge is 2.16. The molecule has 0 atom stereocenters. The predicted octanol–water partition coefficient (Wildman–Crippen LogP) is 2.68. The minimum absolute atomic E-state index is 0.0586. The summed E-state index contributed by atoms with van der Waals surface area (Å²) in [6, 6.07) is 7.50. The minimum Gasteiger partial charge on any atom is -0.486 e. The van der Waals surface area contributed by atoms with Gasteiger partial charge in [0, 0.05) is 24.5 Å². The Morgan fingerprint density at radius 2 is 2.00 bits per heavy atom. The smallest absolute Gasteiger partial charge is 0.261 e. The van der Waals surface area contributed by atoms with Crippen molar-refractivity contribution < 1.29 is 9.47 Å². The average Bonchev–Trinajstić information content (AvgIpc) is 3.18. The maximum absolute atomic E-state index is 12.7. The lowest BCUT2D eigenvalue weighted by molar-refractivity contribution is 0.171. The van der Waals surface area contributed by atoms with Crippen LogP contribution in [0.25, 0.3) is 28.1 Å². The van der Waals surface area contributed by atoms with Crippen LogP contribution in [0.1, 0.15) is 19.8 Å². The van der Waals surface area contributed by atoms with Gasteiger partial charge in [-0.1, -0.05) is 13.3 Å². The quantitative estimate of drug-likeness (QED) is 0.544. The highest BCUT2D eigenvalue weighted by Crippen LogP contribution is 2.33. The minimum atomic E-state index is -0.0586. The van der Waals surface area contributed by atoms with Crippen molar-refractivity contribution in [1.82, 2.24) is 24.1 Å². The van der Waals surface area contributed by atoms with E-state index in [2.05, 4.69) is 22.0 Å². The summed E-state index contributed by atoms with van der Waals surface area (Å²) in [6.07, 6.45) is 5.38. The van der Waals surface area contributed by atoms with Gasteiger partial charge in [0.15, 0.2) is 17.3 Å². The number of unbranched alkanes of at least 4 members (excludes halogenated alkanes) is 1. The first-order valence-electron chi connectivity index (χ1n) is 9.39. The van der Waals surface area contributed by atoms with E-state index in [1.54, 1.807) is 15.3 Å². The molecule has 0 saturated carbocycles. The zero-order valence-corrected chi connectivity index (χ0v) is 15.5. The van der Waals surface area contributed by atoms with Gasteiger partial charge < -0.3 is 14.0 Å². The molecule has 0 amide bonds. The van der Waals surface area contributed by atoms with Crippen LogP contribution < -0.4 is 15.0 Å². The maximum atomic E-state index is 12.7. The summed E-state index contributed by atoms with van der Waals surface area (Å²) in [7, 11) is 0. The van der Waals surface area contributed by atoms with Crippen molar-refractivity contribution in [2.24, 2.45) is 0 Å². The van der Waals surface area contributed by atoms with E-state index in [-0.39, 0.29) is 5.56 Å². The van der Waals surface area contributed by atoms with Crippen LogP contribution in [-0.2, 0) is 6.54 Å². The fourth-order valence-corrected chi connectivity index (χ4v) is 3.37. The molecule has 0 radical (unpaired) electrons. The number of nitrogens with zero attached hydrogens (tertiary/aromatic N) is 5. The molecule has 1 aromatic carbocycles. The number of hydrogen-bond acceptors (Lipinski definition) is 6. The van der Waals surface area contributed by atoms with Gasteiger partial charge in [-0.3, -0.25) is 4.79 Å². The Kier molecular flexibility index (Phi) is 3.96. The van der Waals surface area contributed by atoms with E-state index in [1.807, 2.05) is 30.5 Å². The van der Waals surface area contributed by atoms with Crippen LogP contribution in [0, 0.1) is 0 Å². The average molecular weight is 377 g/mol. The predicted molar refractivity (Wildman–Crippen MR) is 104 cm³/mol. The van der Waals surface area contributed by atoms with E-state index >= 15 is 0 Å². The highest BCUT2D eigenvalue weighted by atomic mass is 16.6.